The van der Waals surface area contributed by atoms with Crippen molar-refractivity contribution in [3.63, 3.8) is 0 Å². The second-order valence-corrected chi connectivity index (χ2v) is 4.01. The van der Waals surface area contributed by atoms with E-state index in [1.807, 2.05) is 6.92 Å². The molecule has 0 saturated carbocycles. The molecule has 0 aliphatic heterocycles. The number of pyridine rings is 1. The highest BCUT2D eigenvalue weighted by atomic mass is 16.5. The van der Waals surface area contributed by atoms with Crippen molar-refractivity contribution < 1.29 is 14.3 Å². The number of carbonyl (C=O) groups is 1. The van der Waals surface area contributed by atoms with Crippen LogP contribution in [-0.4, -0.2) is 37.1 Å². The zero-order chi connectivity index (χ0) is 13.4. The van der Waals surface area contributed by atoms with Gasteiger partial charge in [0.2, 0.25) is 0 Å². The summed E-state index contributed by atoms with van der Waals surface area (Å²) in [5.74, 6) is 0.461. The molecule has 0 aliphatic carbocycles. The zero-order valence-corrected chi connectivity index (χ0v) is 10.9. The van der Waals surface area contributed by atoms with Crippen LogP contribution in [0.15, 0.2) is 18.5 Å². The molecule has 0 radical (unpaired) electrons. The summed E-state index contributed by atoms with van der Waals surface area (Å²) in [6, 6.07) is 1.12. The van der Waals surface area contributed by atoms with Gasteiger partial charge in [-0.1, -0.05) is 6.92 Å². The monoisotopic (exact) mass is 252 g/mol. The van der Waals surface area contributed by atoms with Crippen LogP contribution in [-0.2, 0) is 4.74 Å². The topological polar surface area (TPSA) is 74.4 Å². The predicted molar refractivity (Wildman–Crippen MR) is 68.8 cm³/mol. The maximum absolute atomic E-state index is 12.0. The van der Waals surface area contributed by atoms with Crippen LogP contribution in [0, 0.1) is 0 Å². The molecule has 0 spiro atoms. The Kier molecular flexibility index (Phi) is 6.32. The molecule has 0 aromatic carbocycles. The van der Waals surface area contributed by atoms with Gasteiger partial charge in [-0.15, -0.1) is 0 Å². The van der Waals surface area contributed by atoms with Gasteiger partial charge in [-0.2, -0.15) is 0 Å². The first-order chi connectivity index (χ1) is 8.69. The average molecular weight is 252 g/mol. The van der Waals surface area contributed by atoms with Crippen molar-refractivity contribution in [1.82, 2.24) is 4.98 Å². The van der Waals surface area contributed by atoms with Crippen LogP contribution in [0.2, 0.25) is 0 Å². The van der Waals surface area contributed by atoms with Crippen LogP contribution < -0.4 is 10.5 Å². The SMILES string of the molecule is CCCOc1cncc(C(=O)C(N)CCOC)c1. The van der Waals surface area contributed by atoms with Gasteiger partial charge in [0.05, 0.1) is 18.8 Å². The number of ketones is 1. The normalized spacial score (nSPS) is 12.2. The maximum Gasteiger partial charge on any atom is 0.181 e. The maximum atomic E-state index is 12.0. The number of rotatable bonds is 8. The van der Waals surface area contributed by atoms with E-state index in [9.17, 15) is 4.79 Å². The van der Waals surface area contributed by atoms with E-state index in [2.05, 4.69) is 4.98 Å². The van der Waals surface area contributed by atoms with E-state index in [1.165, 1.54) is 6.20 Å². The van der Waals surface area contributed by atoms with Crippen molar-refractivity contribution in [2.24, 2.45) is 5.73 Å². The first kappa shape index (κ1) is 14.6. The lowest BCUT2D eigenvalue weighted by Gasteiger charge is -2.10. The largest absolute Gasteiger partial charge is 0.492 e. The number of hydrogen-bond acceptors (Lipinski definition) is 5. The molecule has 0 amide bonds. The fourth-order valence-electron chi connectivity index (χ4n) is 1.44. The number of nitrogens with two attached hydrogens (primary N) is 1. The second-order valence-electron chi connectivity index (χ2n) is 4.01. The third kappa shape index (κ3) is 4.43. The summed E-state index contributed by atoms with van der Waals surface area (Å²) in [6.07, 6.45) is 4.50. The predicted octanol–water partition coefficient (Wildman–Crippen LogP) is 1.42. The summed E-state index contributed by atoms with van der Waals surface area (Å²) in [4.78, 5) is 16.0. The van der Waals surface area contributed by atoms with E-state index >= 15 is 0 Å². The Balaban J connectivity index is 2.67. The van der Waals surface area contributed by atoms with Crippen molar-refractivity contribution in [2.75, 3.05) is 20.3 Å². The Morgan fingerprint density at radius 3 is 2.89 bits per heavy atom. The highest BCUT2D eigenvalue weighted by molar-refractivity contribution is 5.99. The molecule has 0 fully saturated rings. The van der Waals surface area contributed by atoms with E-state index in [-0.39, 0.29) is 5.78 Å². The standard InChI is InChI=1S/C13H20N2O3/c1-3-5-18-11-7-10(8-15-9-11)13(16)12(14)4-6-17-2/h7-9,12H,3-6,14H2,1-2H3. The number of aromatic nitrogens is 1. The molecule has 5 heteroatoms. The molecule has 0 aliphatic rings. The van der Waals surface area contributed by atoms with Crippen LogP contribution in [0.3, 0.4) is 0 Å². The van der Waals surface area contributed by atoms with Crippen LogP contribution in [0.1, 0.15) is 30.1 Å². The van der Waals surface area contributed by atoms with Crippen molar-refractivity contribution in [3.05, 3.63) is 24.0 Å². The molecular formula is C13H20N2O3. The molecule has 0 saturated heterocycles. The van der Waals surface area contributed by atoms with Crippen LogP contribution in [0.5, 0.6) is 5.75 Å². The number of carbonyl (C=O) groups excluding carboxylic acids is 1. The molecule has 1 rings (SSSR count). The highest BCUT2D eigenvalue weighted by Gasteiger charge is 2.16. The molecule has 100 valence electrons. The molecule has 5 nitrogen and oxygen atoms in total. The third-order valence-electron chi connectivity index (χ3n) is 2.44. The quantitative estimate of drug-likeness (QED) is 0.708. The molecule has 1 aromatic heterocycles. The van der Waals surface area contributed by atoms with Gasteiger partial charge in [-0.25, -0.2) is 0 Å². The Hall–Kier alpha value is -1.46. The summed E-state index contributed by atoms with van der Waals surface area (Å²) in [5.41, 5.74) is 6.27. The van der Waals surface area contributed by atoms with Gasteiger partial charge >= 0.3 is 0 Å². The summed E-state index contributed by atoms with van der Waals surface area (Å²) < 4.78 is 10.3. The van der Waals surface area contributed by atoms with Gasteiger partial charge < -0.3 is 15.2 Å². The minimum Gasteiger partial charge on any atom is -0.492 e. The summed E-state index contributed by atoms with van der Waals surface area (Å²) >= 11 is 0. The first-order valence-electron chi connectivity index (χ1n) is 6.05. The van der Waals surface area contributed by atoms with Gasteiger partial charge in [0.25, 0.3) is 0 Å². The average Bonchev–Trinajstić information content (AvgIpc) is 2.42. The van der Waals surface area contributed by atoms with E-state index < -0.39 is 6.04 Å². The second kappa shape index (κ2) is 7.79. The van der Waals surface area contributed by atoms with Crippen LogP contribution in [0.4, 0.5) is 0 Å². The van der Waals surface area contributed by atoms with Gasteiger partial charge in [0, 0.05) is 25.5 Å². The number of methoxy groups -OCH3 is 1. The summed E-state index contributed by atoms with van der Waals surface area (Å²) in [6.45, 7) is 3.09. The highest BCUT2D eigenvalue weighted by Crippen LogP contribution is 2.13. The molecular weight excluding hydrogens is 232 g/mol. The minimum atomic E-state index is -0.562. The van der Waals surface area contributed by atoms with Crippen LogP contribution in [0.25, 0.3) is 0 Å². The molecule has 1 atom stereocenters. The number of nitrogens with zero attached hydrogens (tertiary/aromatic N) is 1. The minimum absolute atomic E-state index is 0.138. The fraction of sp³-hybridized carbons (Fsp3) is 0.538. The van der Waals surface area contributed by atoms with E-state index in [4.69, 9.17) is 15.2 Å². The molecule has 1 unspecified atom stereocenters. The van der Waals surface area contributed by atoms with Crippen molar-refractivity contribution in [3.8, 4) is 5.75 Å². The summed E-state index contributed by atoms with van der Waals surface area (Å²) in [7, 11) is 1.58. The van der Waals surface area contributed by atoms with E-state index in [1.54, 1.807) is 19.4 Å². The number of Topliss-reactive ketones (excluding diaryl/α,β-unsaturated/α-hetero) is 1. The smallest absolute Gasteiger partial charge is 0.181 e. The first-order valence-corrected chi connectivity index (χ1v) is 6.05. The lowest BCUT2D eigenvalue weighted by molar-refractivity contribution is 0.0934. The fourth-order valence-corrected chi connectivity index (χ4v) is 1.44. The number of ether oxygens (including phenoxy) is 2. The Bertz CT molecular complexity index is 382. The van der Waals surface area contributed by atoms with Gasteiger partial charge in [-0.3, -0.25) is 9.78 Å². The summed E-state index contributed by atoms with van der Waals surface area (Å²) in [5, 5.41) is 0. The Morgan fingerprint density at radius 1 is 1.44 bits per heavy atom. The van der Waals surface area contributed by atoms with Crippen molar-refractivity contribution >= 4 is 5.78 Å². The molecule has 1 heterocycles. The lowest BCUT2D eigenvalue weighted by Crippen LogP contribution is -2.31. The van der Waals surface area contributed by atoms with Crippen molar-refractivity contribution in [1.29, 1.82) is 0 Å². The van der Waals surface area contributed by atoms with Crippen molar-refractivity contribution in [2.45, 2.75) is 25.8 Å². The molecule has 1 aromatic rings. The molecule has 2 N–H and O–H groups in total. The zero-order valence-electron chi connectivity index (χ0n) is 10.9. The van der Waals surface area contributed by atoms with Gasteiger partial charge in [0.1, 0.15) is 5.75 Å². The third-order valence-corrected chi connectivity index (χ3v) is 2.44. The molecule has 18 heavy (non-hydrogen) atoms. The Morgan fingerprint density at radius 2 is 2.22 bits per heavy atom. The Labute approximate surface area is 107 Å². The van der Waals surface area contributed by atoms with Crippen LogP contribution >= 0.6 is 0 Å². The molecule has 0 bridgehead atoms. The van der Waals surface area contributed by atoms with Gasteiger partial charge in [0.15, 0.2) is 5.78 Å². The van der Waals surface area contributed by atoms with Gasteiger partial charge in [-0.05, 0) is 18.9 Å². The number of hydrogen-bond donors (Lipinski definition) is 1. The lowest BCUT2D eigenvalue weighted by atomic mass is 10.0. The van der Waals surface area contributed by atoms with E-state index in [0.29, 0.717) is 30.9 Å². The van der Waals surface area contributed by atoms with E-state index in [0.717, 1.165) is 6.42 Å².